The third-order valence-electron chi connectivity index (χ3n) is 3.48. The van der Waals surface area contributed by atoms with Gasteiger partial charge in [-0.2, -0.15) is 0 Å². The van der Waals surface area contributed by atoms with Crippen molar-refractivity contribution in [1.82, 2.24) is 5.32 Å². The Kier molecular flexibility index (Phi) is 9.04. The highest BCUT2D eigenvalue weighted by atomic mass is 16.5. The van der Waals surface area contributed by atoms with Gasteiger partial charge in [-0.05, 0) is 40.5 Å². The van der Waals surface area contributed by atoms with Crippen LogP contribution in [0.4, 0.5) is 0 Å². The second-order valence-electron chi connectivity index (χ2n) is 6.39. The predicted molar refractivity (Wildman–Crippen MR) is 81.1 cm³/mol. The molecule has 6 heteroatoms. The summed E-state index contributed by atoms with van der Waals surface area (Å²) in [5.74, 6) is -0.458. The maximum atomic E-state index is 11.5. The molecule has 0 aromatic rings. The van der Waals surface area contributed by atoms with Gasteiger partial charge in [-0.25, -0.2) is 0 Å². The quantitative estimate of drug-likeness (QED) is 0.526. The minimum atomic E-state index is -1.15. The Bertz CT molecular complexity index is 304. The molecule has 3 N–H and O–H groups in total. The van der Waals surface area contributed by atoms with Crippen molar-refractivity contribution in [3.63, 3.8) is 0 Å². The number of carbonyl (C=O) groups excluding carboxylic acids is 1. The third kappa shape index (κ3) is 9.79. The first kappa shape index (κ1) is 20.3. The molecule has 0 heterocycles. The van der Waals surface area contributed by atoms with Crippen molar-refractivity contribution in [2.45, 2.75) is 64.3 Å². The van der Waals surface area contributed by atoms with Crippen molar-refractivity contribution in [2.24, 2.45) is 0 Å². The third-order valence-corrected chi connectivity index (χ3v) is 3.48. The van der Waals surface area contributed by atoms with Gasteiger partial charge in [-0.1, -0.05) is 0 Å². The number of ether oxygens (including phenoxy) is 2. The lowest BCUT2D eigenvalue weighted by Crippen LogP contribution is -2.39. The molecule has 0 aliphatic rings. The van der Waals surface area contributed by atoms with Gasteiger partial charge >= 0.3 is 0 Å². The summed E-state index contributed by atoms with van der Waals surface area (Å²) in [4.78, 5) is 11.5. The number of methoxy groups -OCH3 is 1. The summed E-state index contributed by atoms with van der Waals surface area (Å²) in [5, 5.41) is 20.7. The van der Waals surface area contributed by atoms with Crippen LogP contribution in [0, 0.1) is 0 Å². The van der Waals surface area contributed by atoms with E-state index in [-0.39, 0.29) is 24.2 Å². The molecule has 0 aliphatic carbocycles. The minimum Gasteiger partial charge on any atom is -0.396 e. The number of rotatable bonds is 11. The van der Waals surface area contributed by atoms with Crippen LogP contribution < -0.4 is 5.32 Å². The Morgan fingerprint density at radius 3 is 2.33 bits per heavy atom. The standard InChI is InChI=1S/C15H31NO5/c1-14(2,20-5)8-11-21-15(3,4)7-9-16-13(19)12(18)6-10-17/h12,17-18H,6-11H2,1-5H3,(H,16,19). The van der Waals surface area contributed by atoms with Crippen LogP contribution in [0.1, 0.15) is 47.0 Å². The van der Waals surface area contributed by atoms with Crippen LogP contribution in [0.3, 0.4) is 0 Å². The summed E-state index contributed by atoms with van der Waals surface area (Å²) < 4.78 is 11.2. The zero-order chi connectivity index (χ0) is 16.5. The molecule has 0 bridgehead atoms. The number of amides is 1. The van der Waals surface area contributed by atoms with Crippen LogP contribution in [0.2, 0.25) is 0 Å². The fourth-order valence-electron chi connectivity index (χ4n) is 1.61. The zero-order valence-electron chi connectivity index (χ0n) is 13.9. The molecule has 0 saturated heterocycles. The molecule has 0 spiro atoms. The van der Waals surface area contributed by atoms with Crippen molar-refractivity contribution >= 4 is 5.91 Å². The van der Waals surface area contributed by atoms with Crippen LogP contribution in [0.5, 0.6) is 0 Å². The number of carbonyl (C=O) groups is 1. The summed E-state index contributed by atoms with van der Waals surface area (Å²) in [6.07, 6.45) is 0.325. The summed E-state index contributed by atoms with van der Waals surface area (Å²) >= 11 is 0. The molecule has 0 saturated carbocycles. The second kappa shape index (κ2) is 9.35. The maximum Gasteiger partial charge on any atom is 0.248 e. The summed E-state index contributed by atoms with van der Waals surface area (Å²) in [6, 6.07) is 0. The highest BCUT2D eigenvalue weighted by molar-refractivity contribution is 5.80. The van der Waals surface area contributed by atoms with Crippen molar-refractivity contribution in [1.29, 1.82) is 0 Å². The molecular formula is C15H31NO5. The van der Waals surface area contributed by atoms with E-state index >= 15 is 0 Å². The minimum absolute atomic E-state index is 0.0534. The van der Waals surface area contributed by atoms with Gasteiger partial charge in [0, 0.05) is 26.7 Å². The normalized spacial score (nSPS) is 14.0. The van der Waals surface area contributed by atoms with Gasteiger partial charge in [0.1, 0.15) is 6.10 Å². The molecule has 21 heavy (non-hydrogen) atoms. The summed E-state index contributed by atoms with van der Waals surface area (Å²) in [6.45, 7) is 8.72. The Morgan fingerprint density at radius 1 is 1.19 bits per heavy atom. The van der Waals surface area contributed by atoms with Crippen LogP contribution in [-0.4, -0.2) is 60.3 Å². The second-order valence-corrected chi connectivity index (χ2v) is 6.39. The first-order valence-corrected chi connectivity index (χ1v) is 7.39. The van der Waals surface area contributed by atoms with Gasteiger partial charge in [0.15, 0.2) is 0 Å². The lowest BCUT2D eigenvalue weighted by atomic mass is 10.0. The SMILES string of the molecule is COC(C)(C)CCOC(C)(C)CCNC(=O)C(O)CCO. The molecule has 1 atom stereocenters. The van der Waals surface area contributed by atoms with Crippen molar-refractivity contribution in [3.05, 3.63) is 0 Å². The lowest BCUT2D eigenvalue weighted by Gasteiger charge is -2.29. The molecule has 0 fully saturated rings. The number of hydrogen-bond acceptors (Lipinski definition) is 5. The van der Waals surface area contributed by atoms with E-state index in [0.29, 0.717) is 19.6 Å². The molecule has 126 valence electrons. The molecular weight excluding hydrogens is 274 g/mol. The monoisotopic (exact) mass is 305 g/mol. The predicted octanol–water partition coefficient (Wildman–Crippen LogP) is 0.846. The van der Waals surface area contributed by atoms with Crippen LogP contribution in [-0.2, 0) is 14.3 Å². The summed E-state index contributed by atoms with van der Waals surface area (Å²) in [5.41, 5.74) is -0.572. The lowest BCUT2D eigenvalue weighted by molar-refractivity contribution is -0.130. The Labute approximate surface area is 127 Å². The number of aliphatic hydroxyl groups is 2. The van der Waals surface area contributed by atoms with Crippen molar-refractivity contribution < 1.29 is 24.5 Å². The van der Waals surface area contributed by atoms with E-state index in [1.807, 2.05) is 27.7 Å². The topological polar surface area (TPSA) is 88.0 Å². The van der Waals surface area contributed by atoms with E-state index in [9.17, 15) is 9.90 Å². The average Bonchev–Trinajstić information content (AvgIpc) is 2.38. The fourth-order valence-corrected chi connectivity index (χ4v) is 1.61. The largest absolute Gasteiger partial charge is 0.396 e. The van der Waals surface area contributed by atoms with E-state index in [1.54, 1.807) is 7.11 Å². The van der Waals surface area contributed by atoms with Crippen molar-refractivity contribution in [3.8, 4) is 0 Å². The first-order chi connectivity index (χ1) is 9.63. The molecule has 6 nitrogen and oxygen atoms in total. The molecule has 0 aliphatic heterocycles. The number of nitrogens with one attached hydrogen (secondary N) is 1. The molecule has 0 radical (unpaired) electrons. The molecule has 0 rings (SSSR count). The van der Waals surface area contributed by atoms with Crippen LogP contribution in [0.25, 0.3) is 0 Å². The molecule has 1 amide bonds. The number of aliphatic hydroxyl groups excluding tert-OH is 2. The molecule has 0 aromatic carbocycles. The fraction of sp³-hybridized carbons (Fsp3) is 0.933. The van der Waals surface area contributed by atoms with Gasteiger partial charge in [-0.3, -0.25) is 4.79 Å². The van der Waals surface area contributed by atoms with Gasteiger partial charge in [-0.15, -0.1) is 0 Å². The smallest absolute Gasteiger partial charge is 0.248 e. The van der Waals surface area contributed by atoms with Crippen LogP contribution in [0.15, 0.2) is 0 Å². The van der Waals surface area contributed by atoms with Crippen LogP contribution >= 0.6 is 0 Å². The van der Waals surface area contributed by atoms with E-state index in [2.05, 4.69) is 5.32 Å². The molecule has 1 unspecified atom stereocenters. The zero-order valence-corrected chi connectivity index (χ0v) is 13.9. The Morgan fingerprint density at radius 2 is 1.81 bits per heavy atom. The van der Waals surface area contributed by atoms with Gasteiger partial charge in [0.05, 0.1) is 17.8 Å². The highest BCUT2D eigenvalue weighted by Crippen LogP contribution is 2.18. The maximum absolute atomic E-state index is 11.5. The van der Waals surface area contributed by atoms with E-state index < -0.39 is 12.0 Å². The van der Waals surface area contributed by atoms with Gasteiger partial charge < -0.3 is 25.0 Å². The van der Waals surface area contributed by atoms with Gasteiger partial charge in [0.2, 0.25) is 5.91 Å². The Balaban J connectivity index is 3.95. The molecule has 0 aromatic heterocycles. The first-order valence-electron chi connectivity index (χ1n) is 7.39. The Hall–Kier alpha value is -0.690. The number of hydrogen-bond donors (Lipinski definition) is 3. The van der Waals surface area contributed by atoms with E-state index in [0.717, 1.165) is 6.42 Å². The van der Waals surface area contributed by atoms with Gasteiger partial charge in [0.25, 0.3) is 0 Å². The van der Waals surface area contributed by atoms with Crippen molar-refractivity contribution in [2.75, 3.05) is 26.9 Å². The van der Waals surface area contributed by atoms with E-state index in [4.69, 9.17) is 14.6 Å². The average molecular weight is 305 g/mol. The van der Waals surface area contributed by atoms with E-state index in [1.165, 1.54) is 0 Å². The highest BCUT2D eigenvalue weighted by Gasteiger charge is 2.22. The summed E-state index contributed by atoms with van der Waals surface area (Å²) in [7, 11) is 1.68.